The van der Waals surface area contributed by atoms with Crippen LogP contribution in [-0.4, -0.2) is 82.6 Å². The summed E-state index contributed by atoms with van der Waals surface area (Å²) in [5.41, 5.74) is 0.221. The van der Waals surface area contributed by atoms with Crippen LogP contribution < -0.4 is 32.5 Å². The number of nitrogens with zero attached hydrogens (tertiary/aromatic N) is 2. The van der Waals surface area contributed by atoms with Crippen molar-refractivity contribution in [2.75, 3.05) is 32.6 Å². The summed E-state index contributed by atoms with van der Waals surface area (Å²) in [7, 11) is 2.87. The first-order valence-electron chi connectivity index (χ1n) is 9.93. The molecule has 2 amide bonds. The minimum Gasteiger partial charge on any atom is -1.00 e. The highest BCUT2D eigenvalue weighted by Gasteiger charge is 2.19. The maximum Gasteiger partial charge on any atom is 0.270 e. The molecule has 0 aliphatic carbocycles. The summed E-state index contributed by atoms with van der Waals surface area (Å²) in [5, 5.41) is 17.4. The number of phenolic OH excluding ortho intramolecular Hbond substituents is 1. The lowest BCUT2D eigenvalue weighted by atomic mass is 10.1. The summed E-state index contributed by atoms with van der Waals surface area (Å²) in [6, 6.07) is 3.43. The number of nitrogens with one attached hydrogen (secondary N) is 2. The van der Waals surface area contributed by atoms with E-state index in [0.717, 1.165) is 17.9 Å². The zero-order valence-electron chi connectivity index (χ0n) is 20.6. The third kappa shape index (κ3) is 9.84. The van der Waals surface area contributed by atoms with Crippen LogP contribution >= 0.6 is 11.3 Å². The molecule has 0 aliphatic heterocycles. The molecular weight excluding hydrogens is 504 g/mol. The lowest BCUT2D eigenvalue weighted by Gasteiger charge is -2.30. The normalized spacial score (nSPS) is 9.86. The number of hydrogen-bond acceptors (Lipinski definition) is 8. The van der Waals surface area contributed by atoms with Gasteiger partial charge in [0.15, 0.2) is 16.6 Å². The van der Waals surface area contributed by atoms with Crippen molar-refractivity contribution in [2.24, 2.45) is 0 Å². The van der Waals surface area contributed by atoms with Crippen molar-refractivity contribution in [3.8, 4) is 17.2 Å². The van der Waals surface area contributed by atoms with Gasteiger partial charge in [-0.05, 0) is 27.7 Å². The van der Waals surface area contributed by atoms with E-state index in [-0.39, 0.29) is 56.9 Å². The molecule has 1 aromatic heterocycles. The van der Waals surface area contributed by atoms with Crippen LogP contribution in [0.5, 0.6) is 17.2 Å². The Morgan fingerprint density at radius 1 is 1.03 bits per heavy atom. The van der Waals surface area contributed by atoms with E-state index >= 15 is 0 Å². The fourth-order valence-corrected chi connectivity index (χ4v) is 3.84. The average Bonchev–Trinajstić information content (AvgIpc) is 3.18. The third-order valence-corrected chi connectivity index (χ3v) is 5.44. The van der Waals surface area contributed by atoms with Gasteiger partial charge in [-0.1, -0.05) is 0 Å². The van der Waals surface area contributed by atoms with Gasteiger partial charge in [-0.15, -0.1) is 11.3 Å². The van der Waals surface area contributed by atoms with E-state index < -0.39 is 5.91 Å². The van der Waals surface area contributed by atoms with Gasteiger partial charge in [0.25, 0.3) is 11.8 Å². The number of rotatable bonds is 10. The van der Waals surface area contributed by atoms with Crippen molar-refractivity contribution in [2.45, 2.75) is 39.8 Å². The third-order valence-electron chi connectivity index (χ3n) is 4.69. The summed E-state index contributed by atoms with van der Waals surface area (Å²) in [6.07, 6.45) is 0. The smallest absolute Gasteiger partial charge is 0.270 e. The topological polar surface area (TPSA) is 208 Å². The number of methoxy groups -OCH3 is 2. The van der Waals surface area contributed by atoms with E-state index in [9.17, 15) is 14.7 Å². The van der Waals surface area contributed by atoms with E-state index in [1.807, 2.05) is 0 Å². The Bertz CT molecular complexity index is 919. The van der Waals surface area contributed by atoms with Gasteiger partial charge < -0.3 is 48.7 Å². The molecular formula is C21H36ClN4O8S-. The molecule has 1 heterocycles. The SMILES string of the molecule is COc1cc(O)c(C(=O)Nc2nc(C(=O)NCCN(C(C)C)C(C)C)cs2)cc1OC.O.O.O.[Cl-]. The summed E-state index contributed by atoms with van der Waals surface area (Å²) >= 11 is 1.12. The highest BCUT2D eigenvalue weighted by atomic mass is 35.5. The molecule has 0 spiro atoms. The Hall–Kier alpha value is -2.68. The fraction of sp³-hybridized carbons (Fsp3) is 0.476. The van der Waals surface area contributed by atoms with Crippen molar-refractivity contribution in [1.82, 2.24) is 15.2 Å². The Labute approximate surface area is 215 Å². The first-order chi connectivity index (χ1) is 14.7. The van der Waals surface area contributed by atoms with Crippen LogP contribution in [0.2, 0.25) is 0 Å². The molecule has 0 saturated carbocycles. The summed E-state index contributed by atoms with van der Waals surface area (Å²) in [4.78, 5) is 31.4. The number of thiazole rings is 1. The number of benzene rings is 1. The maximum atomic E-state index is 12.5. The molecule has 0 radical (unpaired) electrons. The van der Waals surface area contributed by atoms with Gasteiger partial charge in [-0.25, -0.2) is 4.98 Å². The van der Waals surface area contributed by atoms with Crippen molar-refractivity contribution in [3.05, 3.63) is 28.8 Å². The largest absolute Gasteiger partial charge is 1.00 e. The number of aromatic nitrogens is 1. The molecule has 0 fully saturated rings. The van der Waals surface area contributed by atoms with Crippen molar-refractivity contribution in [3.63, 3.8) is 0 Å². The van der Waals surface area contributed by atoms with Gasteiger partial charge in [0.05, 0.1) is 19.8 Å². The number of aromatic hydroxyl groups is 1. The number of hydrogen-bond donors (Lipinski definition) is 3. The molecule has 2 aromatic rings. The maximum absolute atomic E-state index is 12.5. The lowest BCUT2D eigenvalue weighted by molar-refractivity contribution is -0.0000278. The Kier molecular flexibility index (Phi) is 17.8. The molecule has 14 heteroatoms. The van der Waals surface area contributed by atoms with Gasteiger partial charge in [-0.3, -0.25) is 19.8 Å². The number of carbonyl (C=O) groups is 2. The predicted molar refractivity (Wildman–Crippen MR) is 131 cm³/mol. The second kappa shape index (κ2) is 16.9. The molecule has 12 nitrogen and oxygen atoms in total. The fourth-order valence-electron chi connectivity index (χ4n) is 3.15. The van der Waals surface area contributed by atoms with E-state index in [2.05, 4.69) is 48.2 Å². The molecule has 0 saturated heterocycles. The summed E-state index contributed by atoms with van der Waals surface area (Å²) < 4.78 is 10.3. The number of phenols is 1. The average molecular weight is 540 g/mol. The second-order valence-corrected chi connectivity index (χ2v) is 8.26. The number of ether oxygens (including phenoxy) is 2. The monoisotopic (exact) mass is 539 g/mol. The van der Waals surface area contributed by atoms with Crippen LogP contribution in [0.4, 0.5) is 5.13 Å². The lowest BCUT2D eigenvalue weighted by Crippen LogP contribution is -3.00. The predicted octanol–water partition coefficient (Wildman–Crippen LogP) is -2.50. The van der Waals surface area contributed by atoms with Gasteiger partial charge in [0, 0.05) is 42.7 Å². The molecule has 0 aliphatic rings. The Balaban J connectivity index is -0.00000256. The summed E-state index contributed by atoms with van der Waals surface area (Å²) in [6.45, 7) is 9.70. The van der Waals surface area contributed by atoms with Crippen LogP contribution in [0.1, 0.15) is 48.5 Å². The molecule has 1 aromatic carbocycles. The van der Waals surface area contributed by atoms with Crippen molar-refractivity contribution in [1.29, 1.82) is 0 Å². The van der Waals surface area contributed by atoms with Crippen LogP contribution in [0.25, 0.3) is 0 Å². The molecule has 0 bridgehead atoms. The van der Waals surface area contributed by atoms with Crippen LogP contribution in [0, 0.1) is 0 Å². The second-order valence-electron chi connectivity index (χ2n) is 7.40. The van der Waals surface area contributed by atoms with Gasteiger partial charge in [0.1, 0.15) is 11.4 Å². The Morgan fingerprint density at radius 3 is 2.09 bits per heavy atom. The molecule has 2 rings (SSSR count). The van der Waals surface area contributed by atoms with E-state index in [1.54, 1.807) is 5.38 Å². The summed E-state index contributed by atoms with van der Waals surface area (Å²) in [5.74, 6) is -0.535. The molecule has 0 atom stereocenters. The standard InChI is InChI=1S/C21H30N4O5S.ClH.3H2O/c1-12(2)25(13(3)4)8-7-22-20(28)15-11-31-21(23-15)24-19(27)14-9-17(29-5)18(30-6)10-16(14)26;;;;/h9-13,26H,7-8H2,1-6H3,(H,22,28)(H,23,24,27);1H;3*1H2/p-1. The van der Waals surface area contributed by atoms with E-state index in [4.69, 9.17) is 9.47 Å². The van der Waals surface area contributed by atoms with Gasteiger partial charge >= 0.3 is 0 Å². The van der Waals surface area contributed by atoms with Crippen LogP contribution in [0.3, 0.4) is 0 Å². The van der Waals surface area contributed by atoms with Crippen LogP contribution in [0.15, 0.2) is 17.5 Å². The number of halogens is 1. The zero-order valence-corrected chi connectivity index (χ0v) is 22.1. The first-order valence-corrected chi connectivity index (χ1v) is 10.8. The van der Waals surface area contributed by atoms with Crippen molar-refractivity contribution < 1.29 is 53.0 Å². The zero-order chi connectivity index (χ0) is 23.1. The highest BCUT2D eigenvalue weighted by Crippen LogP contribution is 2.34. The number of amides is 2. The van der Waals surface area contributed by atoms with Crippen molar-refractivity contribution >= 4 is 28.3 Å². The van der Waals surface area contributed by atoms with E-state index in [0.29, 0.717) is 30.1 Å². The minimum absolute atomic E-state index is 0. The Morgan fingerprint density at radius 2 is 1.57 bits per heavy atom. The molecule has 9 N–H and O–H groups in total. The van der Waals surface area contributed by atoms with Crippen LogP contribution in [-0.2, 0) is 0 Å². The van der Waals surface area contributed by atoms with E-state index in [1.165, 1.54) is 26.4 Å². The van der Waals surface area contributed by atoms with Gasteiger partial charge in [0.2, 0.25) is 0 Å². The van der Waals surface area contributed by atoms with Gasteiger partial charge in [-0.2, -0.15) is 0 Å². The molecule has 35 heavy (non-hydrogen) atoms. The highest BCUT2D eigenvalue weighted by molar-refractivity contribution is 7.14. The molecule has 0 unspecified atom stereocenters. The number of carbonyl (C=O) groups excluding carboxylic acids is 2. The number of anilines is 1. The minimum atomic E-state index is -0.579. The molecule has 202 valence electrons. The first kappa shape index (κ1) is 36.9. The quantitative estimate of drug-likeness (QED) is 0.295.